The molecule has 5 nitrogen and oxygen atoms in total. The van der Waals surface area contributed by atoms with Crippen molar-refractivity contribution in [1.82, 2.24) is 24.5 Å². The number of imidazole rings is 1. The van der Waals surface area contributed by atoms with E-state index in [0.29, 0.717) is 5.02 Å². The fraction of sp³-hybridized carbons (Fsp3) is 0.125. The van der Waals surface area contributed by atoms with Gasteiger partial charge in [-0.1, -0.05) is 59.2 Å². The lowest BCUT2D eigenvalue weighted by Crippen LogP contribution is -2.11. The number of hydrogen-bond acceptors (Lipinski definition) is 3. The van der Waals surface area contributed by atoms with Crippen LogP contribution in [0.15, 0.2) is 85.5 Å². The molecule has 2 atom stereocenters. The van der Waals surface area contributed by atoms with Crippen molar-refractivity contribution < 1.29 is 0 Å². The van der Waals surface area contributed by atoms with E-state index in [1.165, 1.54) is 0 Å². The molecule has 6 heteroatoms. The smallest absolute Gasteiger partial charge is 0.133 e. The highest BCUT2D eigenvalue weighted by molar-refractivity contribution is 6.30. The first-order chi connectivity index (χ1) is 14.7. The molecule has 0 bridgehead atoms. The number of allylic oxidation sites excluding steroid dienone is 4. The maximum absolute atomic E-state index is 6.11. The number of aromatic nitrogens is 5. The standard InChI is InChI=1S/C24H20ClN5/c1-3-5-6-7-21(4-2)30-23-16-19(10-13-22(23)27-28-30)24(29-15-14-26-17-29)18-8-11-20(25)12-9-18/h2-3,5-17,21,24H,1H3/b5-3-,7-6-. The molecule has 2 aromatic carbocycles. The van der Waals surface area contributed by atoms with Gasteiger partial charge in [0.2, 0.25) is 0 Å². The molecule has 30 heavy (non-hydrogen) atoms. The zero-order valence-electron chi connectivity index (χ0n) is 16.4. The van der Waals surface area contributed by atoms with Crippen LogP contribution in [0.25, 0.3) is 11.0 Å². The highest BCUT2D eigenvalue weighted by atomic mass is 35.5. The van der Waals surface area contributed by atoms with Crippen LogP contribution >= 0.6 is 11.6 Å². The first kappa shape index (κ1) is 19.7. The predicted octanol–water partition coefficient (Wildman–Crippen LogP) is 5.23. The van der Waals surface area contributed by atoms with Crippen LogP contribution in [0.3, 0.4) is 0 Å². The summed E-state index contributed by atoms with van der Waals surface area (Å²) >= 11 is 6.11. The van der Waals surface area contributed by atoms with Gasteiger partial charge in [0.05, 0.1) is 17.9 Å². The largest absolute Gasteiger partial charge is 0.326 e. The molecule has 2 unspecified atom stereocenters. The first-order valence-electron chi connectivity index (χ1n) is 9.54. The number of fused-ring (bicyclic) bond motifs is 1. The molecule has 0 spiro atoms. The SMILES string of the molecule is C#CC(/C=C\C=C/C)n1nnc2ccc(C(c3ccc(Cl)cc3)n3ccnc3)cc21. The van der Waals surface area contributed by atoms with Crippen molar-refractivity contribution in [2.45, 2.75) is 19.0 Å². The Bertz CT molecular complexity index is 1230. The van der Waals surface area contributed by atoms with Gasteiger partial charge in [0.25, 0.3) is 0 Å². The van der Waals surface area contributed by atoms with Gasteiger partial charge in [-0.25, -0.2) is 9.67 Å². The second-order valence-corrected chi connectivity index (χ2v) is 7.20. The lowest BCUT2D eigenvalue weighted by molar-refractivity contribution is 0.630. The lowest BCUT2D eigenvalue weighted by Gasteiger charge is -2.20. The van der Waals surface area contributed by atoms with E-state index in [0.717, 1.165) is 22.2 Å². The third-order valence-electron chi connectivity index (χ3n) is 4.85. The maximum atomic E-state index is 6.11. The maximum Gasteiger partial charge on any atom is 0.133 e. The van der Waals surface area contributed by atoms with E-state index >= 15 is 0 Å². The van der Waals surface area contributed by atoms with Gasteiger partial charge in [-0.2, -0.15) is 0 Å². The third kappa shape index (κ3) is 3.91. The molecule has 0 radical (unpaired) electrons. The molecule has 0 aliphatic rings. The van der Waals surface area contributed by atoms with Crippen molar-refractivity contribution in [3.63, 3.8) is 0 Å². The molecule has 0 saturated carbocycles. The molecule has 2 aromatic heterocycles. The number of rotatable bonds is 6. The monoisotopic (exact) mass is 413 g/mol. The summed E-state index contributed by atoms with van der Waals surface area (Å²) in [5.74, 6) is 2.78. The summed E-state index contributed by atoms with van der Waals surface area (Å²) in [5, 5.41) is 9.30. The van der Waals surface area contributed by atoms with Gasteiger partial charge in [0, 0.05) is 17.4 Å². The molecule has 0 fully saturated rings. The summed E-state index contributed by atoms with van der Waals surface area (Å²) < 4.78 is 3.83. The van der Waals surface area contributed by atoms with Crippen molar-refractivity contribution >= 4 is 22.6 Å². The first-order valence-corrected chi connectivity index (χ1v) is 9.92. The van der Waals surface area contributed by atoms with Gasteiger partial charge in [0.1, 0.15) is 11.6 Å². The molecule has 4 aromatic rings. The van der Waals surface area contributed by atoms with E-state index in [1.807, 2.05) is 74.1 Å². The van der Waals surface area contributed by atoms with Crippen molar-refractivity contribution in [3.8, 4) is 12.3 Å². The summed E-state index contributed by atoms with van der Waals surface area (Å²) in [5.41, 5.74) is 3.83. The molecular weight excluding hydrogens is 394 g/mol. The van der Waals surface area contributed by atoms with Crippen LogP contribution in [-0.2, 0) is 0 Å². The van der Waals surface area contributed by atoms with E-state index in [4.69, 9.17) is 18.0 Å². The fourth-order valence-electron chi connectivity index (χ4n) is 3.42. The van der Waals surface area contributed by atoms with Gasteiger partial charge in [0.15, 0.2) is 0 Å². The van der Waals surface area contributed by atoms with E-state index in [2.05, 4.69) is 37.9 Å². The topological polar surface area (TPSA) is 48.5 Å². The van der Waals surface area contributed by atoms with Crippen LogP contribution in [-0.4, -0.2) is 24.5 Å². The Morgan fingerprint density at radius 1 is 1.10 bits per heavy atom. The second kappa shape index (κ2) is 8.81. The Labute approximate surface area is 180 Å². The van der Waals surface area contributed by atoms with Crippen LogP contribution in [0.1, 0.15) is 30.1 Å². The number of halogens is 1. The molecule has 0 amide bonds. The molecule has 2 heterocycles. The van der Waals surface area contributed by atoms with Crippen molar-refractivity contribution in [1.29, 1.82) is 0 Å². The molecule has 0 N–H and O–H groups in total. The molecule has 0 saturated heterocycles. The van der Waals surface area contributed by atoms with E-state index in [9.17, 15) is 0 Å². The summed E-state index contributed by atoms with van der Waals surface area (Å²) in [6, 6.07) is 13.6. The number of hydrogen-bond donors (Lipinski definition) is 0. The number of terminal acetylenes is 1. The van der Waals surface area contributed by atoms with Gasteiger partial charge in [-0.3, -0.25) is 0 Å². The summed E-state index contributed by atoms with van der Waals surface area (Å²) in [6.07, 6.45) is 19.0. The average Bonchev–Trinajstić information content (AvgIpc) is 3.43. The molecular formula is C24H20ClN5. The normalized spacial score (nSPS) is 13.8. The minimum absolute atomic E-state index is 0.0691. The van der Waals surface area contributed by atoms with Crippen molar-refractivity contribution in [2.75, 3.05) is 0 Å². The number of benzene rings is 2. The minimum Gasteiger partial charge on any atom is -0.326 e. The predicted molar refractivity (Wildman–Crippen MR) is 120 cm³/mol. The molecule has 0 aliphatic heterocycles. The van der Waals surface area contributed by atoms with E-state index in [1.54, 1.807) is 10.9 Å². The highest BCUT2D eigenvalue weighted by Crippen LogP contribution is 2.30. The van der Waals surface area contributed by atoms with Gasteiger partial charge < -0.3 is 4.57 Å². The summed E-state index contributed by atoms with van der Waals surface area (Å²) in [7, 11) is 0. The fourth-order valence-corrected chi connectivity index (χ4v) is 3.55. The summed E-state index contributed by atoms with van der Waals surface area (Å²) in [4.78, 5) is 4.23. The molecule has 4 rings (SSSR count). The number of nitrogens with zero attached hydrogens (tertiary/aromatic N) is 5. The van der Waals surface area contributed by atoms with Gasteiger partial charge in [-0.05, 0) is 48.4 Å². The van der Waals surface area contributed by atoms with Gasteiger partial charge >= 0.3 is 0 Å². The zero-order valence-corrected chi connectivity index (χ0v) is 17.2. The van der Waals surface area contributed by atoms with Gasteiger partial charge in [-0.15, -0.1) is 11.5 Å². The van der Waals surface area contributed by atoms with Crippen LogP contribution in [0, 0.1) is 12.3 Å². The Hall–Kier alpha value is -3.62. The van der Waals surface area contributed by atoms with Crippen LogP contribution < -0.4 is 0 Å². The minimum atomic E-state index is -0.330. The lowest BCUT2D eigenvalue weighted by atomic mass is 9.98. The van der Waals surface area contributed by atoms with Crippen LogP contribution in [0.4, 0.5) is 0 Å². The van der Waals surface area contributed by atoms with Crippen molar-refractivity contribution in [2.24, 2.45) is 0 Å². The van der Waals surface area contributed by atoms with Crippen LogP contribution in [0.2, 0.25) is 5.02 Å². The second-order valence-electron chi connectivity index (χ2n) is 6.77. The third-order valence-corrected chi connectivity index (χ3v) is 5.10. The molecule has 148 valence electrons. The Kier molecular flexibility index (Phi) is 5.78. The average molecular weight is 414 g/mol. The Morgan fingerprint density at radius 2 is 1.90 bits per heavy atom. The van der Waals surface area contributed by atoms with Crippen molar-refractivity contribution in [3.05, 3.63) is 102 Å². The van der Waals surface area contributed by atoms with Crippen LogP contribution in [0.5, 0.6) is 0 Å². The Morgan fingerprint density at radius 3 is 2.60 bits per heavy atom. The zero-order chi connectivity index (χ0) is 20.9. The molecule has 0 aliphatic carbocycles. The summed E-state index contributed by atoms with van der Waals surface area (Å²) in [6.45, 7) is 1.96. The van der Waals surface area contributed by atoms with E-state index in [-0.39, 0.29) is 12.1 Å². The Balaban J connectivity index is 1.83. The van der Waals surface area contributed by atoms with E-state index < -0.39 is 0 Å². The highest BCUT2D eigenvalue weighted by Gasteiger charge is 2.19. The quantitative estimate of drug-likeness (QED) is 0.321.